The molecule has 0 saturated carbocycles. The van der Waals surface area contributed by atoms with Crippen molar-refractivity contribution in [3.63, 3.8) is 0 Å². The Hall–Kier alpha value is -6.13. The molecular weight excluding hydrogens is 1680 g/mol. The van der Waals surface area contributed by atoms with Crippen LogP contribution < -0.4 is 0 Å². The van der Waals surface area contributed by atoms with Gasteiger partial charge in [0.15, 0.2) is 6.10 Å². The first-order valence-electron chi connectivity index (χ1n) is 52.0. The second kappa shape index (κ2) is 103. The predicted molar refractivity (Wildman–Crippen MR) is 555 cm³/mol. The third-order valence-electron chi connectivity index (χ3n) is 21.7. The fraction of sp³-hybridized carbons (Fsp3) is 0.655. The first-order valence-corrected chi connectivity index (χ1v) is 55.0. The Kier molecular flexibility index (Phi) is 98.0. The molecule has 0 bridgehead atoms. The zero-order chi connectivity index (χ0) is 95.0. The van der Waals surface area contributed by atoms with E-state index in [0.717, 1.165) is 218 Å². The highest BCUT2D eigenvalue weighted by atomic mass is 31.2. The quantitative estimate of drug-likeness (QED) is 0.0146. The fourth-order valence-electron chi connectivity index (χ4n) is 13.9. The Bertz CT molecular complexity index is 3270. The zero-order valence-electron chi connectivity index (χ0n) is 82.7. The maximum absolute atomic E-state index is 13.1. The number of carbonyl (C=O) groups is 3. The SMILES string of the molecule is CC/C=C\C/C=C\C/C=C\C/C=C\C/C=C\C/C=C\CCCCCCCCCCCCCCCCCCC(=O)OCC(O)COP(=O)(O)OCC(O)COP(=O)(O)OCC(COC(=O)CCCCCCCCCCCCCCCC/C=C\C/C=C\C/C=C\C/C=C\C/C=C\C/C=C\CC)OC(=O)CCCCCCCCCC/C=C\C/C=C\C/C=C\C/C=C\C/C=C\C/C=C\CC. The first kappa shape index (κ1) is 125. The van der Waals surface area contributed by atoms with Crippen LogP contribution in [0.5, 0.6) is 0 Å². The lowest BCUT2D eigenvalue weighted by Gasteiger charge is -2.21. The standard InChI is InChI=1S/C113H188O16P2/c1-4-7-10-13-16-19-22-25-28-31-34-37-40-43-46-48-50-52-53-55-57-58-61-63-66-69-72-75-78-81-84-87-90-93-96-99-111(116)123-102-108(114)103-125-130(119,120)126-104-109(115)105-127-131(121,122)128-107-110(129-113(118)101-98-95-92-89-86-83-80-77-74-71-68-65-60-45-42-39-36-33-30-27-24-21-18-15-12-9-6-3)106-124-112(117)100-97-94-91-88-85-82-79-76-73-70-67-64-62-59-56-54-51-49-47-44-41-38-35-32-29-26-23-20-17-14-11-8-5-2/h7-12,16-21,25-30,34-39,43-47,50-52,54,60,68,71,108-110,114-115H,4-6,13-15,22-24,31-33,40-42,48-49,53,55-59,61-67,69-70,72-107H2,1-3H3,(H,119,120)(H,121,122)/b10-7-,11-8-,12-9-,19-16-,20-17-,21-18-,28-25-,29-26-,30-27-,37-34-,38-35-,39-36-,46-43-,47-44-,52-50-,54-51-,60-45-,71-68-. The Balaban J connectivity index is 4.62. The van der Waals surface area contributed by atoms with Gasteiger partial charge >= 0.3 is 33.6 Å². The van der Waals surface area contributed by atoms with Gasteiger partial charge in [0, 0.05) is 19.3 Å². The van der Waals surface area contributed by atoms with Gasteiger partial charge in [-0.15, -0.1) is 0 Å². The summed E-state index contributed by atoms with van der Waals surface area (Å²) in [5.74, 6) is -1.58. The molecule has 131 heavy (non-hydrogen) atoms. The van der Waals surface area contributed by atoms with Crippen LogP contribution in [-0.4, -0.2) is 95.9 Å². The average Bonchev–Trinajstić information content (AvgIpc) is 0.885. The number of rotatable bonds is 97. The molecule has 0 aromatic heterocycles. The molecule has 0 spiro atoms. The van der Waals surface area contributed by atoms with E-state index in [1.54, 1.807) is 0 Å². The summed E-state index contributed by atoms with van der Waals surface area (Å²) >= 11 is 0. The molecule has 16 nitrogen and oxygen atoms in total. The number of phosphoric ester groups is 2. The lowest BCUT2D eigenvalue weighted by Crippen LogP contribution is -2.30. The van der Waals surface area contributed by atoms with Crippen LogP contribution in [0.2, 0.25) is 0 Å². The van der Waals surface area contributed by atoms with Crippen LogP contribution >= 0.6 is 15.6 Å². The molecule has 0 heterocycles. The highest BCUT2D eigenvalue weighted by Gasteiger charge is 2.30. The molecule has 5 atom stereocenters. The van der Waals surface area contributed by atoms with Gasteiger partial charge < -0.3 is 34.2 Å². The molecule has 4 N–H and O–H groups in total. The van der Waals surface area contributed by atoms with Crippen molar-refractivity contribution >= 4 is 33.6 Å². The summed E-state index contributed by atoms with van der Waals surface area (Å²) in [6.07, 6.45) is 141. The average molecular weight is 1860 g/mol. The Morgan fingerprint density at radius 3 is 0.603 bits per heavy atom. The van der Waals surface area contributed by atoms with E-state index in [4.69, 9.17) is 32.3 Å². The maximum Gasteiger partial charge on any atom is 0.472 e. The Labute approximate surface area is 800 Å². The van der Waals surface area contributed by atoms with Crippen molar-refractivity contribution in [3.8, 4) is 0 Å². The van der Waals surface area contributed by atoms with Crippen LogP contribution in [0.1, 0.15) is 419 Å². The van der Waals surface area contributed by atoms with Crippen LogP contribution in [0.15, 0.2) is 219 Å². The molecule has 746 valence electrons. The number of carbonyl (C=O) groups excluding carboxylic acids is 3. The van der Waals surface area contributed by atoms with Gasteiger partial charge in [-0.3, -0.25) is 32.5 Å². The van der Waals surface area contributed by atoms with Crippen molar-refractivity contribution in [3.05, 3.63) is 219 Å². The second-order valence-electron chi connectivity index (χ2n) is 34.2. The molecule has 0 saturated heterocycles. The van der Waals surface area contributed by atoms with E-state index in [0.29, 0.717) is 19.3 Å². The zero-order valence-corrected chi connectivity index (χ0v) is 84.5. The molecule has 0 aliphatic carbocycles. The van der Waals surface area contributed by atoms with Crippen LogP contribution in [0.4, 0.5) is 0 Å². The van der Waals surface area contributed by atoms with Gasteiger partial charge in [-0.05, 0) is 173 Å². The summed E-state index contributed by atoms with van der Waals surface area (Å²) in [6, 6.07) is 0. The molecule has 0 aliphatic rings. The van der Waals surface area contributed by atoms with Crippen LogP contribution in [0, 0.1) is 0 Å². The molecule has 0 aromatic rings. The predicted octanol–water partition coefficient (Wildman–Crippen LogP) is 33.2. The van der Waals surface area contributed by atoms with Gasteiger partial charge in [-0.1, -0.05) is 445 Å². The molecule has 0 aromatic carbocycles. The van der Waals surface area contributed by atoms with Crippen molar-refractivity contribution in [2.24, 2.45) is 0 Å². The van der Waals surface area contributed by atoms with Crippen molar-refractivity contribution < 1.29 is 75.8 Å². The van der Waals surface area contributed by atoms with E-state index < -0.39 is 91.5 Å². The third-order valence-corrected chi connectivity index (χ3v) is 23.6. The van der Waals surface area contributed by atoms with Gasteiger partial charge in [-0.2, -0.15) is 0 Å². The molecule has 18 heteroatoms. The monoisotopic (exact) mass is 1860 g/mol. The number of allylic oxidation sites excluding steroid dienone is 36. The minimum absolute atomic E-state index is 0.0882. The van der Waals surface area contributed by atoms with Crippen LogP contribution in [0.3, 0.4) is 0 Å². The largest absolute Gasteiger partial charge is 0.472 e. The Morgan fingerprint density at radius 2 is 0.382 bits per heavy atom. The number of ether oxygens (including phenoxy) is 3. The highest BCUT2D eigenvalue weighted by Crippen LogP contribution is 2.45. The number of phosphoric acid groups is 2. The lowest BCUT2D eigenvalue weighted by atomic mass is 10.0. The van der Waals surface area contributed by atoms with E-state index in [1.807, 2.05) is 0 Å². The maximum atomic E-state index is 13.1. The van der Waals surface area contributed by atoms with Crippen LogP contribution in [-0.2, 0) is 55.8 Å². The van der Waals surface area contributed by atoms with E-state index in [9.17, 15) is 43.5 Å². The van der Waals surface area contributed by atoms with Crippen molar-refractivity contribution in [2.75, 3.05) is 39.6 Å². The van der Waals surface area contributed by atoms with Crippen molar-refractivity contribution in [1.82, 2.24) is 0 Å². The van der Waals surface area contributed by atoms with E-state index >= 15 is 0 Å². The number of unbranched alkanes of at least 4 members (excludes halogenated alkanes) is 38. The molecule has 0 amide bonds. The summed E-state index contributed by atoms with van der Waals surface area (Å²) in [4.78, 5) is 59.3. The van der Waals surface area contributed by atoms with Crippen LogP contribution in [0.25, 0.3) is 0 Å². The summed E-state index contributed by atoms with van der Waals surface area (Å²) in [7, 11) is -9.83. The minimum atomic E-state index is -4.96. The minimum Gasteiger partial charge on any atom is -0.463 e. The smallest absolute Gasteiger partial charge is 0.463 e. The summed E-state index contributed by atoms with van der Waals surface area (Å²) in [5.41, 5.74) is 0. The first-order chi connectivity index (χ1) is 64.2. The van der Waals surface area contributed by atoms with Gasteiger partial charge in [0.05, 0.1) is 26.4 Å². The highest BCUT2D eigenvalue weighted by molar-refractivity contribution is 7.47. The molecule has 0 radical (unpaired) electrons. The summed E-state index contributed by atoms with van der Waals surface area (Å²) < 4.78 is 61.7. The van der Waals surface area contributed by atoms with Gasteiger partial charge in [0.2, 0.25) is 0 Å². The topological polar surface area (TPSA) is 231 Å². The van der Waals surface area contributed by atoms with Gasteiger partial charge in [0.25, 0.3) is 0 Å². The second-order valence-corrected chi connectivity index (χ2v) is 37.1. The van der Waals surface area contributed by atoms with E-state index in [2.05, 4.69) is 240 Å². The number of hydrogen-bond donors (Lipinski definition) is 4. The normalized spacial score (nSPS) is 14.5. The van der Waals surface area contributed by atoms with Crippen molar-refractivity contribution in [2.45, 2.75) is 437 Å². The molecule has 0 rings (SSSR count). The van der Waals surface area contributed by atoms with Gasteiger partial charge in [-0.25, -0.2) is 9.13 Å². The lowest BCUT2D eigenvalue weighted by molar-refractivity contribution is -0.161. The molecule has 5 unspecified atom stereocenters. The number of aliphatic hydroxyl groups is 2. The van der Waals surface area contributed by atoms with E-state index in [1.165, 1.54) is 141 Å². The van der Waals surface area contributed by atoms with E-state index in [-0.39, 0.29) is 19.3 Å². The molecule has 0 aliphatic heterocycles. The third kappa shape index (κ3) is 104. The summed E-state index contributed by atoms with van der Waals surface area (Å²) in [6.45, 7) is 2.38. The van der Waals surface area contributed by atoms with Crippen molar-refractivity contribution in [1.29, 1.82) is 0 Å². The number of aliphatic hydroxyl groups excluding tert-OH is 2. The number of hydrogen-bond acceptors (Lipinski definition) is 14. The fourth-order valence-corrected chi connectivity index (χ4v) is 15.5. The Morgan fingerprint density at radius 1 is 0.214 bits per heavy atom. The summed E-state index contributed by atoms with van der Waals surface area (Å²) in [5, 5.41) is 20.8. The molecular formula is C113H188O16P2. The van der Waals surface area contributed by atoms with Gasteiger partial charge in [0.1, 0.15) is 25.4 Å². The molecule has 0 fully saturated rings. The number of esters is 3.